The van der Waals surface area contributed by atoms with Gasteiger partial charge in [-0.3, -0.25) is 0 Å². The first-order chi connectivity index (χ1) is 7.87. The molecule has 0 aliphatic heterocycles. The van der Waals surface area contributed by atoms with Gasteiger partial charge in [0.25, 0.3) is 0 Å². The van der Waals surface area contributed by atoms with Gasteiger partial charge in [0.05, 0.1) is 0 Å². The molecule has 0 amide bonds. The summed E-state index contributed by atoms with van der Waals surface area (Å²) in [5.74, 6) is -0.969. The minimum Gasteiger partial charge on any atom is -0.342 e. The van der Waals surface area contributed by atoms with Gasteiger partial charge in [0.1, 0.15) is 6.54 Å². The molecule has 0 bridgehead atoms. The quantitative estimate of drug-likeness (QED) is 0.794. The van der Waals surface area contributed by atoms with E-state index in [0.29, 0.717) is 17.3 Å². The minimum absolute atomic E-state index is 0.229. The van der Waals surface area contributed by atoms with Crippen LogP contribution in [-0.4, -0.2) is 23.7 Å². The minimum atomic E-state index is -4.36. The lowest BCUT2D eigenvalue weighted by Gasteiger charge is -2.25. The molecule has 1 saturated carbocycles. The Labute approximate surface area is 104 Å². The van der Waals surface area contributed by atoms with E-state index in [-0.39, 0.29) is 11.9 Å². The molecule has 17 heavy (non-hydrogen) atoms. The fourth-order valence-corrected chi connectivity index (χ4v) is 1.88. The van der Waals surface area contributed by atoms with Gasteiger partial charge in [0, 0.05) is 16.7 Å². The lowest BCUT2D eigenvalue weighted by Crippen LogP contribution is -2.37. The third-order valence-corrected chi connectivity index (χ3v) is 2.83. The van der Waals surface area contributed by atoms with Gasteiger partial charge in [-0.2, -0.15) is 13.2 Å². The normalized spacial score (nSPS) is 16.1. The highest BCUT2D eigenvalue weighted by Crippen LogP contribution is 2.34. The molecular formula is C10H9BrF4N2. The molecule has 94 valence electrons. The van der Waals surface area contributed by atoms with Gasteiger partial charge in [-0.25, -0.2) is 9.37 Å². The number of halogens is 5. The van der Waals surface area contributed by atoms with E-state index >= 15 is 0 Å². The van der Waals surface area contributed by atoms with E-state index in [1.165, 1.54) is 6.20 Å². The summed E-state index contributed by atoms with van der Waals surface area (Å²) in [6, 6.07) is 0.869. The molecule has 0 spiro atoms. The highest BCUT2D eigenvalue weighted by Gasteiger charge is 2.39. The zero-order valence-corrected chi connectivity index (χ0v) is 10.2. The van der Waals surface area contributed by atoms with Crippen LogP contribution in [0.2, 0.25) is 0 Å². The number of hydrogen-bond donors (Lipinski definition) is 0. The van der Waals surface area contributed by atoms with Crippen LogP contribution in [0.25, 0.3) is 0 Å². The molecule has 1 heterocycles. The standard InChI is InChI=1S/C10H9BrF4N2/c11-6-3-8(12)9(16-4-6)17(7-1-2-7)5-10(13,14)15/h3-4,7H,1-2,5H2. The van der Waals surface area contributed by atoms with Gasteiger partial charge >= 0.3 is 6.18 Å². The van der Waals surface area contributed by atoms with Crippen molar-refractivity contribution in [2.75, 3.05) is 11.4 Å². The van der Waals surface area contributed by atoms with Crippen LogP contribution in [0.3, 0.4) is 0 Å². The molecule has 0 radical (unpaired) electrons. The van der Waals surface area contributed by atoms with Crippen LogP contribution in [0.15, 0.2) is 16.7 Å². The summed E-state index contributed by atoms with van der Waals surface area (Å²) in [6.45, 7) is -1.16. The summed E-state index contributed by atoms with van der Waals surface area (Å²) in [5, 5.41) is 0. The van der Waals surface area contributed by atoms with Crippen LogP contribution in [0.1, 0.15) is 12.8 Å². The van der Waals surface area contributed by atoms with Gasteiger partial charge in [0.15, 0.2) is 11.6 Å². The first-order valence-electron chi connectivity index (χ1n) is 5.01. The van der Waals surface area contributed by atoms with Crippen molar-refractivity contribution in [3.8, 4) is 0 Å². The lowest BCUT2D eigenvalue weighted by molar-refractivity contribution is -0.120. The maximum absolute atomic E-state index is 13.6. The van der Waals surface area contributed by atoms with Gasteiger partial charge in [-0.1, -0.05) is 0 Å². The second-order valence-corrected chi connectivity index (χ2v) is 4.85. The second-order valence-electron chi connectivity index (χ2n) is 3.93. The van der Waals surface area contributed by atoms with Crippen molar-refractivity contribution in [3.05, 3.63) is 22.6 Å². The average molecular weight is 313 g/mol. The molecule has 7 heteroatoms. The zero-order chi connectivity index (χ0) is 12.6. The van der Waals surface area contributed by atoms with Crippen LogP contribution < -0.4 is 4.90 Å². The van der Waals surface area contributed by atoms with Crippen molar-refractivity contribution in [2.24, 2.45) is 0 Å². The number of aromatic nitrogens is 1. The number of rotatable bonds is 3. The van der Waals surface area contributed by atoms with E-state index < -0.39 is 18.5 Å². The molecule has 0 aromatic carbocycles. The van der Waals surface area contributed by atoms with Crippen molar-refractivity contribution in [2.45, 2.75) is 25.1 Å². The van der Waals surface area contributed by atoms with Crippen molar-refractivity contribution in [3.63, 3.8) is 0 Å². The van der Waals surface area contributed by atoms with Gasteiger partial charge in [0.2, 0.25) is 0 Å². The third-order valence-electron chi connectivity index (χ3n) is 2.40. The summed E-state index contributed by atoms with van der Waals surface area (Å²) in [6.07, 6.45) is -1.77. The molecule has 0 atom stereocenters. The van der Waals surface area contributed by atoms with E-state index in [4.69, 9.17) is 0 Å². The Morgan fingerprint density at radius 3 is 2.53 bits per heavy atom. The van der Waals surface area contributed by atoms with Crippen LogP contribution >= 0.6 is 15.9 Å². The Morgan fingerprint density at radius 2 is 2.06 bits per heavy atom. The third kappa shape index (κ3) is 3.31. The molecule has 2 rings (SSSR count). The lowest BCUT2D eigenvalue weighted by atomic mass is 10.3. The Balaban J connectivity index is 2.26. The van der Waals surface area contributed by atoms with E-state index in [1.54, 1.807) is 0 Å². The van der Waals surface area contributed by atoms with E-state index in [1.807, 2.05) is 0 Å². The van der Waals surface area contributed by atoms with Crippen molar-refractivity contribution in [1.29, 1.82) is 0 Å². The molecule has 1 aliphatic rings. The van der Waals surface area contributed by atoms with Gasteiger partial charge in [-0.05, 0) is 34.8 Å². The van der Waals surface area contributed by atoms with Gasteiger partial charge in [-0.15, -0.1) is 0 Å². The first kappa shape index (κ1) is 12.6. The molecule has 2 nitrogen and oxygen atoms in total. The topological polar surface area (TPSA) is 16.1 Å². The van der Waals surface area contributed by atoms with E-state index in [9.17, 15) is 17.6 Å². The number of hydrogen-bond acceptors (Lipinski definition) is 2. The van der Waals surface area contributed by atoms with E-state index in [2.05, 4.69) is 20.9 Å². The molecule has 1 aliphatic carbocycles. The monoisotopic (exact) mass is 312 g/mol. The molecule has 1 aromatic heterocycles. The van der Waals surface area contributed by atoms with Crippen LogP contribution in [0.4, 0.5) is 23.4 Å². The maximum Gasteiger partial charge on any atom is 0.405 e. The Morgan fingerprint density at radius 1 is 1.41 bits per heavy atom. The molecule has 0 N–H and O–H groups in total. The summed E-state index contributed by atoms with van der Waals surface area (Å²) in [5.41, 5.74) is 0. The van der Waals surface area contributed by atoms with Crippen LogP contribution in [0, 0.1) is 5.82 Å². The zero-order valence-electron chi connectivity index (χ0n) is 8.64. The molecule has 0 unspecified atom stereocenters. The number of pyridine rings is 1. The summed E-state index contributed by atoms with van der Waals surface area (Å²) in [4.78, 5) is 4.72. The summed E-state index contributed by atoms with van der Waals surface area (Å²) < 4.78 is 51.1. The Hall–Kier alpha value is -0.850. The summed E-state index contributed by atoms with van der Waals surface area (Å²) >= 11 is 3.02. The Kier molecular flexibility index (Phi) is 3.29. The van der Waals surface area contributed by atoms with E-state index in [0.717, 1.165) is 11.0 Å². The molecule has 1 aromatic rings. The van der Waals surface area contributed by atoms with Crippen molar-refractivity contribution >= 4 is 21.7 Å². The van der Waals surface area contributed by atoms with Gasteiger partial charge < -0.3 is 4.90 Å². The van der Waals surface area contributed by atoms with Crippen LogP contribution in [-0.2, 0) is 0 Å². The number of anilines is 1. The highest BCUT2D eigenvalue weighted by molar-refractivity contribution is 9.10. The predicted octanol–water partition coefficient (Wildman–Crippen LogP) is 3.51. The molecule has 1 fully saturated rings. The fraction of sp³-hybridized carbons (Fsp3) is 0.500. The predicted molar refractivity (Wildman–Crippen MR) is 58.3 cm³/mol. The first-order valence-corrected chi connectivity index (χ1v) is 5.80. The van der Waals surface area contributed by atoms with Crippen LogP contribution in [0.5, 0.6) is 0 Å². The smallest absolute Gasteiger partial charge is 0.342 e. The Bertz CT molecular complexity index is 417. The fourth-order valence-electron chi connectivity index (χ4n) is 1.57. The number of alkyl halides is 3. The molecular weight excluding hydrogens is 304 g/mol. The molecule has 0 saturated heterocycles. The summed E-state index contributed by atoms with van der Waals surface area (Å²) in [7, 11) is 0. The highest BCUT2D eigenvalue weighted by atomic mass is 79.9. The SMILES string of the molecule is Fc1cc(Br)cnc1N(CC(F)(F)F)C1CC1. The van der Waals surface area contributed by atoms with Crippen molar-refractivity contribution < 1.29 is 17.6 Å². The largest absolute Gasteiger partial charge is 0.405 e. The second kappa shape index (κ2) is 4.44. The maximum atomic E-state index is 13.6. The van der Waals surface area contributed by atoms with Crippen molar-refractivity contribution in [1.82, 2.24) is 4.98 Å². The number of nitrogens with zero attached hydrogens (tertiary/aromatic N) is 2. The average Bonchev–Trinajstić information content (AvgIpc) is 2.96.